The summed E-state index contributed by atoms with van der Waals surface area (Å²) in [5, 5.41) is 13.0. The van der Waals surface area contributed by atoms with E-state index in [4.69, 9.17) is 9.47 Å². The second-order valence-corrected chi connectivity index (χ2v) is 9.36. The molecule has 30 heavy (non-hydrogen) atoms. The Bertz CT molecular complexity index is 697. The van der Waals surface area contributed by atoms with Crippen molar-refractivity contribution in [2.75, 3.05) is 19.8 Å². The number of nitrogens with one attached hydrogen (secondary N) is 1. The number of hydrogen-bond acceptors (Lipinski definition) is 6. The summed E-state index contributed by atoms with van der Waals surface area (Å²) in [5.41, 5.74) is -1.89. The summed E-state index contributed by atoms with van der Waals surface area (Å²) in [6.07, 6.45) is 2.87. The van der Waals surface area contributed by atoms with E-state index < -0.39 is 41.1 Å². The summed E-state index contributed by atoms with van der Waals surface area (Å²) in [4.78, 5) is 41.5. The predicted octanol–water partition coefficient (Wildman–Crippen LogP) is 1.25. The Morgan fingerprint density at radius 3 is 2.60 bits per heavy atom. The van der Waals surface area contributed by atoms with Gasteiger partial charge >= 0.3 is 5.97 Å². The zero-order chi connectivity index (χ0) is 22.3. The van der Waals surface area contributed by atoms with Gasteiger partial charge in [0, 0.05) is 6.54 Å². The monoisotopic (exact) mass is 424 g/mol. The Labute approximate surface area is 178 Å². The van der Waals surface area contributed by atoms with Crippen LogP contribution in [0.3, 0.4) is 0 Å². The highest BCUT2D eigenvalue weighted by molar-refractivity contribution is 5.98. The van der Waals surface area contributed by atoms with Gasteiger partial charge in [-0.05, 0) is 39.0 Å². The van der Waals surface area contributed by atoms with Crippen molar-refractivity contribution in [2.45, 2.75) is 83.6 Å². The number of carbonyl (C=O) groups excluding carboxylic acids is 3. The third-order valence-electron chi connectivity index (χ3n) is 7.15. The number of esters is 1. The molecule has 0 aromatic rings. The largest absolute Gasteiger partial charge is 0.466 e. The minimum absolute atomic E-state index is 0.0612. The molecule has 6 atom stereocenters. The standard InChI is InChI=1S/C22H36N2O6/c1-6-8-11-23-18(26)17-22-10-9-21(5,30-22)16(20(28)29-7-2)15(22)19(27)24(17)14(12-25)13(3)4/h13-17,25H,6-12H2,1-5H3,(H,23,26)/t14-,15-,16+,17?,21-,22?/m0/s1. The first-order valence-electron chi connectivity index (χ1n) is 11.3. The molecular formula is C22H36N2O6. The summed E-state index contributed by atoms with van der Waals surface area (Å²) < 4.78 is 11.8. The minimum atomic E-state index is -1.07. The van der Waals surface area contributed by atoms with E-state index in [1.807, 2.05) is 27.7 Å². The third kappa shape index (κ3) is 3.32. The highest BCUT2D eigenvalue weighted by Gasteiger charge is 2.78. The molecule has 3 aliphatic rings. The van der Waals surface area contributed by atoms with Crippen LogP contribution in [0.5, 0.6) is 0 Å². The summed E-state index contributed by atoms with van der Waals surface area (Å²) in [6.45, 7) is 9.91. The molecule has 0 aliphatic carbocycles. The Balaban J connectivity index is 2.05. The highest BCUT2D eigenvalue weighted by Crippen LogP contribution is 2.63. The average molecular weight is 425 g/mol. The van der Waals surface area contributed by atoms with E-state index in [-0.39, 0.29) is 30.9 Å². The Kier molecular flexibility index (Phi) is 6.49. The fourth-order valence-corrected chi connectivity index (χ4v) is 5.72. The number of carbonyl (C=O) groups is 3. The lowest BCUT2D eigenvalue weighted by molar-refractivity contribution is -0.160. The van der Waals surface area contributed by atoms with E-state index in [1.165, 1.54) is 4.90 Å². The van der Waals surface area contributed by atoms with Gasteiger partial charge < -0.3 is 24.8 Å². The van der Waals surface area contributed by atoms with Crippen LogP contribution >= 0.6 is 0 Å². The fraction of sp³-hybridized carbons (Fsp3) is 0.864. The number of aliphatic hydroxyl groups excluding tert-OH is 1. The number of aliphatic hydroxyl groups is 1. The molecule has 2 unspecified atom stereocenters. The lowest BCUT2D eigenvalue weighted by Gasteiger charge is -2.38. The van der Waals surface area contributed by atoms with Crippen molar-refractivity contribution in [3.05, 3.63) is 0 Å². The number of hydrogen-bond donors (Lipinski definition) is 2. The van der Waals surface area contributed by atoms with Crippen LogP contribution in [0, 0.1) is 17.8 Å². The molecule has 3 aliphatic heterocycles. The SMILES string of the molecule is CCCCNC(=O)C1N([C@@H](CO)C(C)C)C(=O)[C@@H]2[C@H](C(=O)OCC)[C@]3(C)CCC12O3. The first kappa shape index (κ1) is 23.0. The van der Waals surface area contributed by atoms with Gasteiger partial charge in [-0.2, -0.15) is 0 Å². The predicted molar refractivity (Wildman–Crippen MR) is 109 cm³/mol. The van der Waals surface area contributed by atoms with Crippen molar-refractivity contribution in [1.82, 2.24) is 10.2 Å². The van der Waals surface area contributed by atoms with E-state index in [0.29, 0.717) is 19.4 Å². The van der Waals surface area contributed by atoms with Crippen molar-refractivity contribution in [1.29, 1.82) is 0 Å². The van der Waals surface area contributed by atoms with E-state index in [1.54, 1.807) is 6.92 Å². The molecule has 0 aromatic heterocycles. The topological polar surface area (TPSA) is 105 Å². The molecule has 1 spiro atoms. The maximum Gasteiger partial charge on any atom is 0.312 e. The Morgan fingerprint density at radius 2 is 2.03 bits per heavy atom. The summed E-state index contributed by atoms with van der Waals surface area (Å²) in [6, 6.07) is -1.40. The second kappa shape index (κ2) is 8.46. The second-order valence-electron chi connectivity index (χ2n) is 9.36. The summed E-state index contributed by atoms with van der Waals surface area (Å²) in [7, 11) is 0. The highest BCUT2D eigenvalue weighted by atomic mass is 16.6. The molecule has 0 saturated carbocycles. The number of fused-ring (bicyclic) bond motifs is 1. The molecule has 3 rings (SSSR count). The molecule has 2 amide bonds. The van der Waals surface area contributed by atoms with Gasteiger partial charge in [0.05, 0.1) is 30.8 Å². The van der Waals surface area contributed by atoms with E-state index in [0.717, 1.165) is 12.8 Å². The van der Waals surface area contributed by atoms with Gasteiger partial charge in [-0.3, -0.25) is 14.4 Å². The van der Waals surface area contributed by atoms with Gasteiger partial charge in [0.15, 0.2) is 0 Å². The van der Waals surface area contributed by atoms with Crippen LogP contribution in [0.15, 0.2) is 0 Å². The zero-order valence-electron chi connectivity index (χ0n) is 18.8. The van der Waals surface area contributed by atoms with Gasteiger partial charge in [0.1, 0.15) is 17.6 Å². The summed E-state index contributed by atoms with van der Waals surface area (Å²) >= 11 is 0. The van der Waals surface area contributed by atoms with Crippen molar-refractivity contribution in [3.63, 3.8) is 0 Å². The smallest absolute Gasteiger partial charge is 0.312 e. The number of ether oxygens (including phenoxy) is 2. The van der Waals surface area contributed by atoms with Crippen LogP contribution in [0.4, 0.5) is 0 Å². The lowest BCUT2D eigenvalue weighted by atomic mass is 9.66. The van der Waals surface area contributed by atoms with Crippen molar-refractivity contribution in [3.8, 4) is 0 Å². The number of rotatable bonds is 9. The van der Waals surface area contributed by atoms with Gasteiger partial charge in [0.2, 0.25) is 11.8 Å². The number of nitrogens with zero attached hydrogens (tertiary/aromatic N) is 1. The van der Waals surface area contributed by atoms with Crippen LogP contribution in [-0.4, -0.2) is 70.8 Å². The van der Waals surface area contributed by atoms with Crippen LogP contribution in [-0.2, 0) is 23.9 Å². The Morgan fingerprint density at radius 1 is 1.33 bits per heavy atom. The molecule has 2 N–H and O–H groups in total. The van der Waals surface area contributed by atoms with Crippen LogP contribution in [0.2, 0.25) is 0 Å². The molecule has 0 aromatic carbocycles. The molecule has 3 fully saturated rings. The van der Waals surface area contributed by atoms with E-state index in [2.05, 4.69) is 5.32 Å². The number of amides is 2. The van der Waals surface area contributed by atoms with E-state index >= 15 is 0 Å². The molecular weight excluding hydrogens is 388 g/mol. The average Bonchev–Trinajstić information content (AvgIpc) is 3.24. The maximum atomic E-state index is 13.7. The third-order valence-corrected chi connectivity index (χ3v) is 7.15. The van der Waals surface area contributed by atoms with Gasteiger partial charge in [0.25, 0.3) is 0 Å². The molecule has 0 radical (unpaired) electrons. The Hall–Kier alpha value is -1.67. The molecule has 3 saturated heterocycles. The van der Waals surface area contributed by atoms with Gasteiger partial charge in [-0.1, -0.05) is 27.2 Å². The first-order chi connectivity index (χ1) is 14.2. The molecule has 170 valence electrons. The van der Waals surface area contributed by atoms with Gasteiger partial charge in [-0.25, -0.2) is 0 Å². The molecule has 3 heterocycles. The fourth-order valence-electron chi connectivity index (χ4n) is 5.72. The first-order valence-corrected chi connectivity index (χ1v) is 11.3. The van der Waals surface area contributed by atoms with Crippen LogP contribution in [0.1, 0.15) is 60.3 Å². The maximum absolute atomic E-state index is 13.7. The molecule has 8 nitrogen and oxygen atoms in total. The molecule has 8 heteroatoms. The minimum Gasteiger partial charge on any atom is -0.466 e. The number of unbranched alkanes of at least 4 members (excludes halogenated alkanes) is 1. The summed E-state index contributed by atoms with van der Waals surface area (Å²) in [5.74, 6) is -2.59. The van der Waals surface area contributed by atoms with Crippen molar-refractivity contribution >= 4 is 17.8 Å². The number of likely N-dealkylation sites (tertiary alicyclic amines) is 1. The van der Waals surface area contributed by atoms with Crippen molar-refractivity contribution < 1.29 is 29.0 Å². The van der Waals surface area contributed by atoms with Gasteiger partial charge in [-0.15, -0.1) is 0 Å². The molecule has 2 bridgehead atoms. The quantitative estimate of drug-likeness (QED) is 0.426. The zero-order valence-corrected chi connectivity index (χ0v) is 18.8. The normalized spacial score (nSPS) is 35.6. The van der Waals surface area contributed by atoms with E-state index in [9.17, 15) is 19.5 Å². The van der Waals surface area contributed by atoms with Crippen molar-refractivity contribution in [2.24, 2.45) is 17.8 Å². The van der Waals surface area contributed by atoms with Crippen LogP contribution < -0.4 is 5.32 Å². The van der Waals surface area contributed by atoms with Crippen LogP contribution in [0.25, 0.3) is 0 Å². The lowest BCUT2D eigenvalue weighted by Crippen LogP contribution is -2.59.